The second kappa shape index (κ2) is 6.45. The number of sulfonamides is 1. The second-order valence-corrected chi connectivity index (χ2v) is 8.42. The molecule has 0 spiro atoms. The summed E-state index contributed by atoms with van der Waals surface area (Å²) in [4.78, 5) is 0.227. The zero-order chi connectivity index (χ0) is 15.6. The average Bonchev–Trinajstić information content (AvgIpc) is 2.82. The minimum atomic E-state index is -3.51. The minimum Gasteiger partial charge on any atom is -0.271 e. The second-order valence-electron chi connectivity index (χ2n) is 6.04. The van der Waals surface area contributed by atoms with E-state index in [4.69, 9.17) is 11.6 Å². The van der Waals surface area contributed by atoms with E-state index in [0.717, 1.165) is 6.42 Å². The van der Waals surface area contributed by atoms with E-state index in [1.54, 1.807) is 17.9 Å². The van der Waals surface area contributed by atoms with Crippen LogP contribution < -0.4 is 0 Å². The molecule has 0 N–H and O–H groups in total. The summed E-state index contributed by atoms with van der Waals surface area (Å²) in [5.41, 5.74) is -0.129. The number of alkyl halides is 1. The molecule has 1 rings (SSSR count). The maximum absolute atomic E-state index is 12.6. The van der Waals surface area contributed by atoms with Crippen molar-refractivity contribution in [2.45, 2.75) is 51.6 Å². The standard InChI is InChI=1S/C13H24ClN3O2S/c1-11(13(2,3)4)16(5)20(18,19)12-9-15-17(10-12)8-6-7-14/h9-11H,6-8H2,1-5H3. The third-order valence-corrected chi connectivity index (χ3v) is 5.75. The molecule has 1 heterocycles. The molecule has 0 fully saturated rings. The first kappa shape index (κ1) is 17.5. The van der Waals surface area contributed by atoms with Crippen LogP contribution in [0.15, 0.2) is 17.3 Å². The Hall–Kier alpha value is -0.590. The molecule has 5 nitrogen and oxygen atoms in total. The zero-order valence-corrected chi connectivity index (χ0v) is 14.4. The van der Waals surface area contributed by atoms with E-state index in [1.165, 1.54) is 10.5 Å². The fourth-order valence-corrected chi connectivity index (χ4v) is 3.36. The molecule has 0 saturated carbocycles. The predicted molar refractivity (Wildman–Crippen MR) is 81.4 cm³/mol. The van der Waals surface area contributed by atoms with Gasteiger partial charge in [-0.05, 0) is 18.8 Å². The fourth-order valence-electron chi connectivity index (χ4n) is 1.74. The normalized spacial score (nSPS) is 14.8. The summed E-state index contributed by atoms with van der Waals surface area (Å²) in [6, 6.07) is -0.112. The Balaban J connectivity index is 2.96. The molecule has 1 aromatic heterocycles. The van der Waals surface area contributed by atoms with Gasteiger partial charge in [-0.2, -0.15) is 9.40 Å². The van der Waals surface area contributed by atoms with Gasteiger partial charge < -0.3 is 0 Å². The van der Waals surface area contributed by atoms with Crippen molar-refractivity contribution in [3.8, 4) is 0 Å². The number of nitrogens with zero attached hydrogens (tertiary/aromatic N) is 3. The SMILES string of the molecule is CC(N(C)S(=O)(=O)c1cnn(CCCCl)c1)C(C)(C)C. The summed E-state index contributed by atoms with van der Waals surface area (Å²) in [5.74, 6) is 0.531. The van der Waals surface area contributed by atoms with E-state index in [-0.39, 0.29) is 16.4 Å². The Labute approximate surface area is 127 Å². The van der Waals surface area contributed by atoms with Gasteiger partial charge in [0.05, 0.1) is 6.20 Å². The summed E-state index contributed by atoms with van der Waals surface area (Å²) < 4.78 is 28.1. The first-order chi connectivity index (χ1) is 9.10. The maximum atomic E-state index is 12.6. The molecule has 0 aromatic carbocycles. The topological polar surface area (TPSA) is 55.2 Å². The molecule has 1 unspecified atom stereocenters. The lowest BCUT2D eigenvalue weighted by molar-refractivity contribution is 0.216. The van der Waals surface area contributed by atoms with Gasteiger partial charge in [0, 0.05) is 31.7 Å². The van der Waals surface area contributed by atoms with E-state index >= 15 is 0 Å². The molecule has 0 aliphatic carbocycles. The summed E-state index contributed by atoms with van der Waals surface area (Å²) in [6.07, 6.45) is 3.72. The first-order valence-corrected chi connectivity index (χ1v) is 8.64. The largest absolute Gasteiger partial charge is 0.271 e. The lowest BCUT2D eigenvalue weighted by Crippen LogP contribution is -2.42. The Kier molecular flexibility index (Phi) is 5.63. The number of hydrogen-bond acceptors (Lipinski definition) is 3. The zero-order valence-electron chi connectivity index (χ0n) is 12.8. The smallest absolute Gasteiger partial charge is 0.246 e. The van der Waals surface area contributed by atoms with Gasteiger partial charge in [-0.3, -0.25) is 4.68 Å². The highest BCUT2D eigenvalue weighted by Crippen LogP contribution is 2.27. The van der Waals surface area contributed by atoms with E-state index in [2.05, 4.69) is 5.10 Å². The van der Waals surface area contributed by atoms with Crippen molar-refractivity contribution < 1.29 is 8.42 Å². The molecule has 1 aromatic rings. The van der Waals surface area contributed by atoms with Gasteiger partial charge in [-0.25, -0.2) is 8.42 Å². The van der Waals surface area contributed by atoms with Crippen LogP contribution in [0.25, 0.3) is 0 Å². The van der Waals surface area contributed by atoms with E-state index < -0.39 is 10.0 Å². The molecule has 0 saturated heterocycles. The van der Waals surface area contributed by atoms with Crippen LogP contribution in [0, 0.1) is 5.41 Å². The molecule has 0 bridgehead atoms. The van der Waals surface area contributed by atoms with Crippen molar-refractivity contribution in [1.29, 1.82) is 0 Å². The fraction of sp³-hybridized carbons (Fsp3) is 0.769. The van der Waals surface area contributed by atoms with Gasteiger partial charge in [-0.1, -0.05) is 20.8 Å². The third-order valence-electron chi connectivity index (χ3n) is 3.61. The number of aromatic nitrogens is 2. The Morgan fingerprint density at radius 1 is 1.45 bits per heavy atom. The van der Waals surface area contributed by atoms with Gasteiger partial charge in [-0.15, -0.1) is 11.6 Å². The molecule has 0 aliphatic rings. The third kappa shape index (κ3) is 3.96. The maximum Gasteiger partial charge on any atom is 0.246 e. The van der Waals surface area contributed by atoms with E-state index in [0.29, 0.717) is 12.4 Å². The molecule has 116 valence electrons. The van der Waals surface area contributed by atoms with Crippen LogP contribution >= 0.6 is 11.6 Å². The van der Waals surface area contributed by atoms with Crippen molar-refractivity contribution in [2.75, 3.05) is 12.9 Å². The molecule has 0 radical (unpaired) electrons. The Morgan fingerprint density at radius 2 is 2.05 bits per heavy atom. The van der Waals surface area contributed by atoms with Crippen molar-refractivity contribution in [2.24, 2.45) is 5.41 Å². The monoisotopic (exact) mass is 321 g/mol. The number of rotatable bonds is 6. The lowest BCUT2D eigenvalue weighted by atomic mass is 9.88. The van der Waals surface area contributed by atoms with Crippen LogP contribution in [0.3, 0.4) is 0 Å². The van der Waals surface area contributed by atoms with Crippen LogP contribution in [0.1, 0.15) is 34.1 Å². The molecule has 1 atom stereocenters. The molecule has 20 heavy (non-hydrogen) atoms. The van der Waals surface area contributed by atoms with Crippen LogP contribution in [-0.4, -0.2) is 41.5 Å². The summed E-state index contributed by atoms with van der Waals surface area (Å²) in [5, 5.41) is 4.08. The number of aryl methyl sites for hydroxylation is 1. The Morgan fingerprint density at radius 3 is 2.55 bits per heavy atom. The lowest BCUT2D eigenvalue weighted by Gasteiger charge is -2.34. The van der Waals surface area contributed by atoms with E-state index in [1.807, 2.05) is 27.7 Å². The molecule has 0 amide bonds. The highest BCUT2D eigenvalue weighted by Gasteiger charge is 2.33. The molecular weight excluding hydrogens is 298 g/mol. The van der Waals surface area contributed by atoms with Crippen LogP contribution in [0.2, 0.25) is 0 Å². The number of hydrogen-bond donors (Lipinski definition) is 0. The van der Waals surface area contributed by atoms with Crippen molar-refractivity contribution in [1.82, 2.24) is 14.1 Å². The van der Waals surface area contributed by atoms with E-state index in [9.17, 15) is 8.42 Å². The highest BCUT2D eigenvalue weighted by atomic mass is 35.5. The van der Waals surface area contributed by atoms with Crippen LogP contribution in [0.5, 0.6) is 0 Å². The summed E-state index contributed by atoms with van der Waals surface area (Å²) in [6.45, 7) is 8.60. The van der Waals surface area contributed by atoms with Gasteiger partial charge in [0.15, 0.2) is 0 Å². The van der Waals surface area contributed by atoms with Gasteiger partial charge in [0.2, 0.25) is 10.0 Å². The average molecular weight is 322 g/mol. The first-order valence-electron chi connectivity index (χ1n) is 6.67. The Bertz CT molecular complexity index is 534. The quantitative estimate of drug-likeness (QED) is 0.757. The van der Waals surface area contributed by atoms with Gasteiger partial charge in [0.1, 0.15) is 4.90 Å². The van der Waals surface area contributed by atoms with Crippen molar-refractivity contribution >= 4 is 21.6 Å². The van der Waals surface area contributed by atoms with Crippen LogP contribution in [-0.2, 0) is 16.6 Å². The van der Waals surface area contributed by atoms with Gasteiger partial charge in [0.25, 0.3) is 0 Å². The molecule has 7 heteroatoms. The summed E-state index contributed by atoms with van der Waals surface area (Å²) >= 11 is 5.62. The van der Waals surface area contributed by atoms with Gasteiger partial charge >= 0.3 is 0 Å². The van der Waals surface area contributed by atoms with Crippen molar-refractivity contribution in [3.63, 3.8) is 0 Å². The molecule has 0 aliphatic heterocycles. The van der Waals surface area contributed by atoms with Crippen LogP contribution in [0.4, 0.5) is 0 Å². The summed E-state index contributed by atoms with van der Waals surface area (Å²) in [7, 11) is -1.90. The predicted octanol–water partition coefficient (Wildman–Crippen LogP) is 2.57. The number of halogens is 1. The highest BCUT2D eigenvalue weighted by molar-refractivity contribution is 7.89. The van der Waals surface area contributed by atoms with Crippen molar-refractivity contribution in [3.05, 3.63) is 12.4 Å². The minimum absolute atomic E-state index is 0.112. The molecular formula is C13H24ClN3O2S.